The zero-order valence-electron chi connectivity index (χ0n) is 10.3. The second-order valence-corrected chi connectivity index (χ2v) is 3.71. The summed E-state index contributed by atoms with van der Waals surface area (Å²) in [6.07, 6.45) is 0. The van der Waals surface area contributed by atoms with E-state index in [1.54, 1.807) is 6.07 Å². The minimum Gasteiger partial charge on any atom is -0.399 e. The lowest BCUT2D eigenvalue weighted by molar-refractivity contribution is 0.259. The van der Waals surface area contributed by atoms with Crippen molar-refractivity contribution in [1.82, 2.24) is 0 Å². The molecule has 0 bridgehead atoms. The van der Waals surface area contributed by atoms with Crippen LogP contribution in [0.3, 0.4) is 0 Å². The Morgan fingerprint density at radius 2 is 1.56 bits per heavy atom. The van der Waals surface area contributed by atoms with E-state index in [1.165, 1.54) is 0 Å². The standard InChI is InChI=1S/C8H10N2O.C6H7N/c1-6-4-2-3-5-7(6)10-8(9)11;7-6-4-2-1-3-5-6/h2-5H,1H3,(H3,9,10,11);1-5H,7H2. The van der Waals surface area contributed by atoms with E-state index in [2.05, 4.69) is 5.32 Å². The number of carbonyl (C=O) groups is 1. The van der Waals surface area contributed by atoms with Crippen molar-refractivity contribution in [3.8, 4) is 0 Å². The van der Waals surface area contributed by atoms with Crippen molar-refractivity contribution < 1.29 is 4.79 Å². The summed E-state index contributed by atoms with van der Waals surface area (Å²) in [4.78, 5) is 10.4. The fourth-order valence-electron chi connectivity index (χ4n) is 1.30. The third-order valence-electron chi connectivity index (χ3n) is 2.20. The van der Waals surface area contributed by atoms with Crippen molar-refractivity contribution in [2.24, 2.45) is 5.73 Å². The summed E-state index contributed by atoms with van der Waals surface area (Å²) in [6.45, 7) is 1.91. The Morgan fingerprint density at radius 3 is 2.00 bits per heavy atom. The van der Waals surface area contributed by atoms with E-state index < -0.39 is 6.03 Å². The number of urea groups is 1. The molecule has 0 fully saturated rings. The quantitative estimate of drug-likeness (QED) is 0.673. The molecule has 0 spiro atoms. The number of nitrogens with two attached hydrogens (primary N) is 2. The number of aryl methyl sites for hydroxylation is 1. The number of nitrogen functional groups attached to an aromatic ring is 1. The molecule has 2 rings (SSSR count). The number of nitrogens with one attached hydrogen (secondary N) is 1. The Kier molecular flexibility index (Phi) is 5.25. The summed E-state index contributed by atoms with van der Waals surface area (Å²) in [7, 11) is 0. The van der Waals surface area contributed by atoms with E-state index >= 15 is 0 Å². The van der Waals surface area contributed by atoms with Gasteiger partial charge in [-0.1, -0.05) is 36.4 Å². The van der Waals surface area contributed by atoms with Crippen LogP contribution in [0.15, 0.2) is 54.6 Å². The minimum atomic E-state index is -0.528. The van der Waals surface area contributed by atoms with Crippen LogP contribution in [0, 0.1) is 6.92 Å². The largest absolute Gasteiger partial charge is 0.399 e. The monoisotopic (exact) mass is 243 g/mol. The fourth-order valence-corrected chi connectivity index (χ4v) is 1.30. The Bertz CT molecular complexity index is 497. The molecule has 2 aromatic carbocycles. The molecule has 18 heavy (non-hydrogen) atoms. The molecule has 5 N–H and O–H groups in total. The van der Waals surface area contributed by atoms with E-state index in [4.69, 9.17) is 11.5 Å². The van der Waals surface area contributed by atoms with Crippen molar-refractivity contribution in [2.75, 3.05) is 11.1 Å². The van der Waals surface area contributed by atoms with Crippen molar-refractivity contribution >= 4 is 17.4 Å². The van der Waals surface area contributed by atoms with Crippen LogP contribution in [0.25, 0.3) is 0 Å². The number of primary amides is 1. The maximum Gasteiger partial charge on any atom is 0.316 e. The molecule has 0 aliphatic rings. The summed E-state index contributed by atoms with van der Waals surface area (Å²) >= 11 is 0. The number of anilines is 2. The molecule has 0 aromatic heterocycles. The lowest BCUT2D eigenvalue weighted by atomic mass is 10.2. The summed E-state index contributed by atoms with van der Waals surface area (Å²) < 4.78 is 0. The molecular formula is C14H17N3O. The Morgan fingerprint density at radius 1 is 1.00 bits per heavy atom. The van der Waals surface area contributed by atoms with Crippen molar-refractivity contribution in [3.63, 3.8) is 0 Å². The lowest BCUT2D eigenvalue weighted by Gasteiger charge is -2.03. The van der Waals surface area contributed by atoms with Crippen LogP contribution in [-0.2, 0) is 0 Å². The average Bonchev–Trinajstić information content (AvgIpc) is 2.33. The SMILES string of the molecule is Cc1ccccc1NC(N)=O.Nc1ccccc1. The molecule has 2 amide bonds. The van der Waals surface area contributed by atoms with Gasteiger partial charge in [0.25, 0.3) is 0 Å². The van der Waals surface area contributed by atoms with Crippen LogP contribution < -0.4 is 16.8 Å². The molecule has 4 heteroatoms. The number of amides is 2. The van der Waals surface area contributed by atoms with Gasteiger partial charge in [-0.15, -0.1) is 0 Å². The molecule has 0 heterocycles. The first kappa shape index (κ1) is 13.6. The highest BCUT2D eigenvalue weighted by Gasteiger charge is 1.96. The normalized spacial score (nSPS) is 8.94. The predicted molar refractivity (Wildman–Crippen MR) is 75.2 cm³/mol. The number of rotatable bonds is 1. The van der Waals surface area contributed by atoms with Gasteiger partial charge in [0.15, 0.2) is 0 Å². The van der Waals surface area contributed by atoms with E-state index in [-0.39, 0.29) is 0 Å². The van der Waals surface area contributed by atoms with Gasteiger partial charge in [-0.2, -0.15) is 0 Å². The predicted octanol–water partition coefficient (Wildman–Crippen LogP) is 2.75. The molecule has 0 aliphatic carbocycles. The molecule has 0 unspecified atom stereocenters. The zero-order chi connectivity index (χ0) is 13.4. The third-order valence-corrected chi connectivity index (χ3v) is 2.20. The highest BCUT2D eigenvalue weighted by atomic mass is 16.2. The molecule has 0 saturated carbocycles. The Labute approximate surface area is 107 Å². The number of carbonyl (C=O) groups excluding carboxylic acids is 1. The van der Waals surface area contributed by atoms with E-state index in [9.17, 15) is 4.79 Å². The number of hydrogen-bond donors (Lipinski definition) is 3. The average molecular weight is 243 g/mol. The molecular weight excluding hydrogens is 226 g/mol. The summed E-state index contributed by atoms with van der Waals surface area (Å²) in [5.74, 6) is 0. The van der Waals surface area contributed by atoms with Gasteiger partial charge in [0.1, 0.15) is 0 Å². The molecule has 0 atom stereocenters. The van der Waals surface area contributed by atoms with Gasteiger partial charge >= 0.3 is 6.03 Å². The first-order valence-corrected chi connectivity index (χ1v) is 5.52. The third kappa shape index (κ3) is 5.03. The van der Waals surface area contributed by atoms with Crippen LogP contribution in [0.4, 0.5) is 16.2 Å². The van der Waals surface area contributed by atoms with Crippen molar-refractivity contribution in [3.05, 3.63) is 60.2 Å². The maximum atomic E-state index is 10.4. The second kappa shape index (κ2) is 6.96. The van der Waals surface area contributed by atoms with Crippen LogP contribution in [0.1, 0.15) is 5.56 Å². The van der Waals surface area contributed by atoms with E-state index in [1.807, 2.05) is 55.5 Å². The minimum absolute atomic E-state index is 0.528. The van der Waals surface area contributed by atoms with Gasteiger partial charge in [0.05, 0.1) is 0 Å². The Balaban J connectivity index is 0.000000199. The first-order chi connectivity index (χ1) is 8.59. The molecule has 4 nitrogen and oxygen atoms in total. The van der Waals surface area contributed by atoms with E-state index in [0.717, 1.165) is 16.9 Å². The summed E-state index contributed by atoms with van der Waals surface area (Å²) in [5, 5.41) is 2.51. The zero-order valence-corrected chi connectivity index (χ0v) is 10.3. The highest BCUT2D eigenvalue weighted by Crippen LogP contribution is 2.11. The van der Waals surface area contributed by atoms with Crippen LogP contribution in [0.5, 0.6) is 0 Å². The summed E-state index contributed by atoms with van der Waals surface area (Å²) in [5.41, 5.74) is 12.9. The number of benzene rings is 2. The topological polar surface area (TPSA) is 81.1 Å². The van der Waals surface area contributed by atoms with Gasteiger partial charge in [-0.05, 0) is 30.7 Å². The van der Waals surface area contributed by atoms with Crippen LogP contribution in [0.2, 0.25) is 0 Å². The Hall–Kier alpha value is -2.49. The molecule has 94 valence electrons. The van der Waals surface area contributed by atoms with Gasteiger partial charge in [0, 0.05) is 11.4 Å². The van der Waals surface area contributed by atoms with Crippen molar-refractivity contribution in [2.45, 2.75) is 6.92 Å². The molecule has 2 aromatic rings. The first-order valence-electron chi connectivity index (χ1n) is 5.52. The number of hydrogen-bond acceptors (Lipinski definition) is 2. The maximum absolute atomic E-state index is 10.4. The van der Waals surface area contributed by atoms with Crippen molar-refractivity contribution in [1.29, 1.82) is 0 Å². The molecule has 0 radical (unpaired) electrons. The highest BCUT2D eigenvalue weighted by molar-refractivity contribution is 5.88. The summed E-state index contributed by atoms with van der Waals surface area (Å²) in [6, 6.07) is 16.4. The lowest BCUT2D eigenvalue weighted by Crippen LogP contribution is -2.19. The van der Waals surface area contributed by atoms with Gasteiger partial charge in [-0.25, -0.2) is 4.79 Å². The van der Waals surface area contributed by atoms with Crippen LogP contribution >= 0.6 is 0 Å². The molecule has 0 saturated heterocycles. The van der Waals surface area contributed by atoms with E-state index in [0.29, 0.717) is 0 Å². The van der Waals surface area contributed by atoms with Gasteiger partial charge in [0.2, 0.25) is 0 Å². The van der Waals surface area contributed by atoms with Crippen LogP contribution in [-0.4, -0.2) is 6.03 Å². The smallest absolute Gasteiger partial charge is 0.316 e. The van der Waals surface area contributed by atoms with Gasteiger partial charge in [-0.3, -0.25) is 0 Å². The fraction of sp³-hybridized carbons (Fsp3) is 0.0714. The second-order valence-electron chi connectivity index (χ2n) is 3.71. The molecule has 0 aliphatic heterocycles. The van der Waals surface area contributed by atoms with Gasteiger partial charge < -0.3 is 16.8 Å². The number of para-hydroxylation sites is 2.